The molecule has 0 amide bonds. The molecule has 0 saturated carbocycles. The van der Waals surface area contributed by atoms with Gasteiger partial charge in [-0.25, -0.2) is 4.99 Å². The van der Waals surface area contributed by atoms with E-state index in [0.717, 1.165) is 44.7 Å². The largest absolute Gasteiger partial charge is 0.397 e. The predicted octanol–water partition coefficient (Wildman–Crippen LogP) is 8.11. The molecular formula is C38H33N5. The Morgan fingerprint density at radius 1 is 0.581 bits per heavy atom. The summed E-state index contributed by atoms with van der Waals surface area (Å²) in [6, 6.07) is 51.0. The number of nitrogens with two attached hydrogens (primary N) is 2. The molecule has 5 nitrogen and oxygen atoms in total. The number of nitrogens with zero attached hydrogens (tertiary/aromatic N) is 3. The van der Waals surface area contributed by atoms with Crippen LogP contribution in [0, 0.1) is 0 Å². The number of benzene rings is 6. The summed E-state index contributed by atoms with van der Waals surface area (Å²) < 4.78 is 0. The molecule has 0 aliphatic carbocycles. The second-order valence-corrected chi connectivity index (χ2v) is 10.3. The molecule has 6 rings (SSSR count). The second-order valence-electron chi connectivity index (χ2n) is 10.3. The summed E-state index contributed by atoms with van der Waals surface area (Å²) in [5, 5.41) is 2.34. The minimum absolute atomic E-state index is 0.428. The Kier molecular flexibility index (Phi) is 8.23. The molecule has 0 heterocycles. The van der Waals surface area contributed by atoms with Crippen LogP contribution in [0.25, 0.3) is 10.8 Å². The molecule has 0 unspecified atom stereocenters. The first kappa shape index (κ1) is 27.5. The number of nitrogen functional groups attached to an aromatic ring is 1. The monoisotopic (exact) mass is 559 g/mol. The molecule has 4 N–H and O–H groups in total. The maximum absolute atomic E-state index is 6.51. The molecule has 0 atom stereocenters. The molecular weight excluding hydrogens is 526 g/mol. The van der Waals surface area contributed by atoms with Crippen LogP contribution in [0.5, 0.6) is 0 Å². The van der Waals surface area contributed by atoms with E-state index in [9.17, 15) is 0 Å². The van der Waals surface area contributed by atoms with Gasteiger partial charge >= 0.3 is 0 Å². The maximum atomic E-state index is 6.51. The lowest BCUT2D eigenvalue weighted by Gasteiger charge is -2.27. The first-order valence-electron chi connectivity index (χ1n) is 14.3. The van der Waals surface area contributed by atoms with E-state index in [1.165, 1.54) is 5.39 Å². The minimum atomic E-state index is 0.428. The molecule has 0 spiro atoms. The van der Waals surface area contributed by atoms with Gasteiger partial charge in [-0.15, -0.1) is 0 Å². The summed E-state index contributed by atoms with van der Waals surface area (Å²) in [5.74, 6) is 1.02. The van der Waals surface area contributed by atoms with Crippen LogP contribution in [0.1, 0.15) is 22.3 Å². The Balaban J connectivity index is 1.44. The van der Waals surface area contributed by atoms with Crippen LogP contribution in [-0.4, -0.2) is 11.7 Å². The Morgan fingerprint density at radius 3 is 1.77 bits per heavy atom. The molecule has 0 saturated heterocycles. The number of anilines is 3. The van der Waals surface area contributed by atoms with Gasteiger partial charge in [0, 0.05) is 23.4 Å². The lowest BCUT2D eigenvalue weighted by Crippen LogP contribution is -2.19. The number of hydrogen-bond acceptors (Lipinski definition) is 3. The third-order valence-corrected chi connectivity index (χ3v) is 7.42. The van der Waals surface area contributed by atoms with Gasteiger partial charge in [-0.1, -0.05) is 115 Å². The predicted molar refractivity (Wildman–Crippen MR) is 181 cm³/mol. The van der Waals surface area contributed by atoms with Crippen molar-refractivity contribution in [3.8, 4) is 0 Å². The Bertz CT molecular complexity index is 1880. The molecule has 0 radical (unpaired) electrons. The molecule has 0 aliphatic rings. The number of aliphatic imine (C=N–C) groups is 2. The molecule has 43 heavy (non-hydrogen) atoms. The number of fused-ring (bicyclic) bond motifs is 1. The third kappa shape index (κ3) is 6.47. The van der Waals surface area contributed by atoms with Crippen LogP contribution in [0.2, 0.25) is 0 Å². The van der Waals surface area contributed by atoms with Crippen molar-refractivity contribution in [1.29, 1.82) is 0 Å². The molecule has 6 aromatic carbocycles. The van der Waals surface area contributed by atoms with Crippen LogP contribution >= 0.6 is 0 Å². The molecule has 5 heteroatoms. The van der Waals surface area contributed by atoms with E-state index in [4.69, 9.17) is 21.5 Å². The van der Waals surface area contributed by atoms with Gasteiger partial charge in [-0.05, 0) is 58.3 Å². The van der Waals surface area contributed by atoms with Crippen LogP contribution in [-0.2, 0) is 13.1 Å². The Labute approximate surface area is 252 Å². The van der Waals surface area contributed by atoms with Crippen LogP contribution < -0.4 is 16.4 Å². The highest BCUT2D eigenvalue weighted by Gasteiger charge is 2.16. The highest BCUT2D eigenvalue weighted by atomic mass is 15.1. The van der Waals surface area contributed by atoms with Gasteiger partial charge in [0.05, 0.1) is 17.9 Å². The van der Waals surface area contributed by atoms with Gasteiger partial charge in [0.2, 0.25) is 0 Å². The number of rotatable bonds is 8. The van der Waals surface area contributed by atoms with Gasteiger partial charge in [0.25, 0.3) is 0 Å². The normalized spacial score (nSPS) is 11.9. The van der Waals surface area contributed by atoms with E-state index in [1.54, 1.807) is 0 Å². The van der Waals surface area contributed by atoms with Crippen molar-refractivity contribution in [2.75, 3.05) is 10.6 Å². The summed E-state index contributed by atoms with van der Waals surface area (Å²) in [4.78, 5) is 12.1. The van der Waals surface area contributed by atoms with Gasteiger partial charge in [0.15, 0.2) is 5.84 Å². The molecule has 6 aromatic rings. The van der Waals surface area contributed by atoms with E-state index >= 15 is 0 Å². The highest BCUT2D eigenvalue weighted by molar-refractivity contribution is 6.10. The van der Waals surface area contributed by atoms with E-state index in [-0.39, 0.29) is 0 Å². The lowest BCUT2D eigenvalue weighted by atomic mass is 9.99. The fraction of sp³-hybridized carbons (Fsp3) is 0.0526. The van der Waals surface area contributed by atoms with Crippen molar-refractivity contribution in [3.63, 3.8) is 0 Å². The summed E-state index contributed by atoms with van der Waals surface area (Å²) in [5.41, 5.74) is 19.8. The third-order valence-electron chi connectivity index (χ3n) is 7.42. The summed E-state index contributed by atoms with van der Waals surface area (Å²) in [6.45, 7) is 1.05. The zero-order valence-electron chi connectivity index (χ0n) is 23.8. The van der Waals surface area contributed by atoms with Gasteiger partial charge in [0.1, 0.15) is 5.84 Å². The lowest BCUT2D eigenvalue weighted by molar-refractivity contribution is 0.936. The van der Waals surface area contributed by atoms with E-state index < -0.39 is 0 Å². The SMILES string of the molecule is N/C(=N\C(=N/Cc1cc2ccccc2cc1CN(c1ccccc1)c1ccccc1N)c1ccccc1)c1ccccc1. The zero-order valence-corrected chi connectivity index (χ0v) is 23.8. The molecule has 210 valence electrons. The van der Waals surface area contributed by atoms with Crippen LogP contribution in [0.15, 0.2) is 162 Å². The maximum Gasteiger partial charge on any atom is 0.157 e. The standard InChI is InChI=1S/C38H33N5/c39-35-22-12-13-23-36(35)43(34-20-8-3-9-21-34)27-33-25-31-19-11-10-18-30(31)24-32(33)26-41-38(29-16-6-2-7-17-29)42-37(40)28-14-4-1-5-15-28/h1-25H,26-27,39H2,(H2,40,41,42). The average molecular weight is 560 g/mol. The second kappa shape index (κ2) is 12.9. The Morgan fingerprint density at radius 2 is 1.12 bits per heavy atom. The van der Waals surface area contributed by atoms with E-state index in [0.29, 0.717) is 24.8 Å². The Hall–Kier alpha value is -5.68. The fourth-order valence-electron chi connectivity index (χ4n) is 5.18. The summed E-state index contributed by atoms with van der Waals surface area (Å²) in [7, 11) is 0. The summed E-state index contributed by atoms with van der Waals surface area (Å²) in [6.07, 6.45) is 0. The van der Waals surface area contributed by atoms with E-state index in [1.807, 2.05) is 97.1 Å². The topological polar surface area (TPSA) is 80.0 Å². The first-order chi connectivity index (χ1) is 21.2. The van der Waals surface area contributed by atoms with E-state index in [2.05, 4.69) is 59.5 Å². The van der Waals surface area contributed by atoms with Crippen molar-refractivity contribution in [2.45, 2.75) is 13.1 Å². The summed E-state index contributed by atoms with van der Waals surface area (Å²) >= 11 is 0. The smallest absolute Gasteiger partial charge is 0.157 e. The molecule has 0 fully saturated rings. The zero-order chi connectivity index (χ0) is 29.4. The van der Waals surface area contributed by atoms with Crippen molar-refractivity contribution in [3.05, 3.63) is 174 Å². The molecule has 0 bridgehead atoms. The number of hydrogen-bond donors (Lipinski definition) is 2. The number of para-hydroxylation sites is 3. The highest BCUT2D eigenvalue weighted by Crippen LogP contribution is 2.33. The van der Waals surface area contributed by atoms with Crippen molar-refractivity contribution in [1.82, 2.24) is 0 Å². The van der Waals surface area contributed by atoms with Gasteiger partial charge < -0.3 is 16.4 Å². The molecule has 0 aliphatic heterocycles. The van der Waals surface area contributed by atoms with Gasteiger partial charge in [-0.2, -0.15) is 0 Å². The minimum Gasteiger partial charge on any atom is -0.397 e. The van der Waals surface area contributed by atoms with Crippen LogP contribution in [0.3, 0.4) is 0 Å². The van der Waals surface area contributed by atoms with Crippen molar-refractivity contribution in [2.24, 2.45) is 15.7 Å². The fourth-order valence-corrected chi connectivity index (χ4v) is 5.18. The number of amidine groups is 2. The first-order valence-corrected chi connectivity index (χ1v) is 14.3. The quantitative estimate of drug-likeness (QED) is 0.112. The average Bonchev–Trinajstić information content (AvgIpc) is 3.07. The van der Waals surface area contributed by atoms with Gasteiger partial charge in [-0.3, -0.25) is 4.99 Å². The molecule has 0 aromatic heterocycles. The van der Waals surface area contributed by atoms with Crippen molar-refractivity contribution < 1.29 is 0 Å². The van der Waals surface area contributed by atoms with Crippen molar-refractivity contribution >= 4 is 39.5 Å². The van der Waals surface area contributed by atoms with Crippen LogP contribution in [0.4, 0.5) is 17.1 Å².